The maximum atomic E-state index is 12.3. The maximum Gasteiger partial charge on any atom is 0.255 e. The van der Waals surface area contributed by atoms with Crippen molar-refractivity contribution >= 4 is 39.1 Å². The van der Waals surface area contributed by atoms with E-state index in [4.69, 9.17) is 21.1 Å². The highest BCUT2D eigenvalue weighted by Crippen LogP contribution is 2.36. The number of carbonyl (C=O) groups is 1. The van der Waals surface area contributed by atoms with Crippen LogP contribution in [-0.2, 0) is 0 Å². The number of carbonyl (C=O) groups excluding carboxylic acids is 1. The van der Waals surface area contributed by atoms with Gasteiger partial charge in [-0.05, 0) is 40.2 Å². The lowest BCUT2D eigenvalue weighted by Gasteiger charge is -2.12. The molecule has 21 heavy (non-hydrogen) atoms. The third kappa shape index (κ3) is 3.49. The first-order chi connectivity index (χ1) is 10.1. The standard InChI is InChI=1S/C15H13BrClNO3/c1-20-13-8-9(7-10(16)14(13)21-2)15(19)18-12-6-4-3-5-11(12)17/h3-8H,1-2H3,(H,18,19). The molecule has 0 atom stereocenters. The molecule has 0 aromatic heterocycles. The van der Waals surface area contributed by atoms with E-state index in [1.165, 1.54) is 14.2 Å². The number of hydrogen-bond donors (Lipinski definition) is 1. The summed E-state index contributed by atoms with van der Waals surface area (Å²) in [6, 6.07) is 10.3. The summed E-state index contributed by atoms with van der Waals surface area (Å²) in [5.74, 6) is 0.715. The van der Waals surface area contributed by atoms with Crippen LogP contribution in [0.5, 0.6) is 11.5 Å². The minimum absolute atomic E-state index is 0.287. The monoisotopic (exact) mass is 369 g/mol. The highest BCUT2D eigenvalue weighted by atomic mass is 79.9. The number of methoxy groups -OCH3 is 2. The van der Waals surface area contributed by atoms with Gasteiger partial charge < -0.3 is 14.8 Å². The Hall–Kier alpha value is -1.72. The fourth-order valence-corrected chi connectivity index (χ4v) is 2.59. The number of halogens is 2. The van der Waals surface area contributed by atoms with Gasteiger partial charge in [-0.3, -0.25) is 4.79 Å². The summed E-state index contributed by atoms with van der Waals surface area (Å²) < 4.78 is 11.1. The molecule has 0 heterocycles. The van der Waals surface area contributed by atoms with Crippen LogP contribution in [0.4, 0.5) is 5.69 Å². The summed E-state index contributed by atoms with van der Waals surface area (Å²) in [5, 5.41) is 3.23. The molecule has 0 bridgehead atoms. The van der Waals surface area contributed by atoms with Gasteiger partial charge in [0.25, 0.3) is 5.91 Å². The first-order valence-electron chi connectivity index (χ1n) is 6.04. The summed E-state index contributed by atoms with van der Waals surface area (Å²) in [5.41, 5.74) is 0.981. The zero-order valence-corrected chi connectivity index (χ0v) is 13.8. The molecule has 2 rings (SSSR count). The lowest BCUT2D eigenvalue weighted by Crippen LogP contribution is -2.12. The number of para-hydroxylation sites is 1. The van der Waals surface area contributed by atoms with Crippen LogP contribution < -0.4 is 14.8 Å². The Bertz CT molecular complexity index is 676. The first-order valence-corrected chi connectivity index (χ1v) is 7.21. The van der Waals surface area contributed by atoms with Crippen LogP contribution in [0.3, 0.4) is 0 Å². The van der Waals surface area contributed by atoms with Crippen LogP contribution in [-0.4, -0.2) is 20.1 Å². The van der Waals surface area contributed by atoms with Crippen LogP contribution in [0.15, 0.2) is 40.9 Å². The highest BCUT2D eigenvalue weighted by Gasteiger charge is 2.15. The van der Waals surface area contributed by atoms with Crippen molar-refractivity contribution in [2.75, 3.05) is 19.5 Å². The topological polar surface area (TPSA) is 47.6 Å². The van der Waals surface area contributed by atoms with Crippen molar-refractivity contribution in [1.82, 2.24) is 0 Å². The van der Waals surface area contributed by atoms with Gasteiger partial charge in [-0.1, -0.05) is 23.7 Å². The van der Waals surface area contributed by atoms with E-state index in [9.17, 15) is 4.79 Å². The van der Waals surface area contributed by atoms with Crippen molar-refractivity contribution in [3.05, 3.63) is 51.5 Å². The Morgan fingerprint density at radius 1 is 1.19 bits per heavy atom. The average Bonchev–Trinajstić information content (AvgIpc) is 2.48. The molecule has 0 radical (unpaired) electrons. The number of hydrogen-bond acceptors (Lipinski definition) is 3. The lowest BCUT2D eigenvalue weighted by atomic mass is 10.2. The van der Waals surface area contributed by atoms with Crippen molar-refractivity contribution in [1.29, 1.82) is 0 Å². The van der Waals surface area contributed by atoms with Gasteiger partial charge in [0.1, 0.15) is 0 Å². The second-order valence-corrected chi connectivity index (χ2v) is 5.39. The molecular formula is C15H13BrClNO3. The zero-order valence-electron chi connectivity index (χ0n) is 11.4. The van der Waals surface area contributed by atoms with Crippen molar-refractivity contribution in [2.24, 2.45) is 0 Å². The summed E-state index contributed by atoms with van der Waals surface area (Å²) in [6.45, 7) is 0. The maximum absolute atomic E-state index is 12.3. The van der Waals surface area contributed by atoms with E-state index in [-0.39, 0.29) is 5.91 Å². The molecule has 1 amide bonds. The summed E-state index contributed by atoms with van der Waals surface area (Å²) >= 11 is 9.38. The van der Waals surface area contributed by atoms with Crippen LogP contribution in [0, 0.1) is 0 Å². The molecule has 4 nitrogen and oxygen atoms in total. The molecule has 2 aromatic rings. The van der Waals surface area contributed by atoms with E-state index in [2.05, 4.69) is 21.2 Å². The molecule has 0 aliphatic carbocycles. The Morgan fingerprint density at radius 3 is 2.52 bits per heavy atom. The van der Waals surface area contributed by atoms with Crippen molar-refractivity contribution < 1.29 is 14.3 Å². The molecule has 1 N–H and O–H groups in total. The Morgan fingerprint density at radius 2 is 1.90 bits per heavy atom. The van der Waals surface area contributed by atoms with Gasteiger partial charge in [0.05, 0.1) is 29.4 Å². The van der Waals surface area contributed by atoms with E-state index in [1.807, 2.05) is 0 Å². The minimum atomic E-state index is -0.287. The fourth-order valence-electron chi connectivity index (χ4n) is 1.81. The van der Waals surface area contributed by atoms with Gasteiger partial charge in [0.15, 0.2) is 11.5 Å². The zero-order chi connectivity index (χ0) is 15.4. The molecule has 0 unspecified atom stereocenters. The van der Waals surface area contributed by atoms with E-state index >= 15 is 0 Å². The number of rotatable bonds is 4. The molecule has 0 saturated heterocycles. The van der Waals surface area contributed by atoms with Gasteiger partial charge >= 0.3 is 0 Å². The molecule has 0 spiro atoms. The molecular weight excluding hydrogens is 358 g/mol. The Labute approximate surface area is 136 Å². The Balaban J connectivity index is 2.32. The summed E-state index contributed by atoms with van der Waals surface area (Å²) in [6.07, 6.45) is 0. The second kappa shape index (κ2) is 6.83. The van der Waals surface area contributed by atoms with E-state index < -0.39 is 0 Å². The fraction of sp³-hybridized carbons (Fsp3) is 0.133. The third-order valence-electron chi connectivity index (χ3n) is 2.82. The molecule has 0 fully saturated rings. The summed E-state index contributed by atoms with van der Waals surface area (Å²) in [7, 11) is 3.05. The van der Waals surface area contributed by atoms with Crippen molar-refractivity contribution in [3.63, 3.8) is 0 Å². The average molecular weight is 371 g/mol. The van der Waals surface area contributed by atoms with Crippen molar-refractivity contribution in [2.45, 2.75) is 0 Å². The second-order valence-electron chi connectivity index (χ2n) is 4.13. The largest absolute Gasteiger partial charge is 0.493 e. The number of benzene rings is 2. The number of ether oxygens (including phenoxy) is 2. The van der Waals surface area contributed by atoms with E-state index in [0.717, 1.165) is 0 Å². The van der Waals surface area contributed by atoms with Crippen LogP contribution in [0.1, 0.15) is 10.4 Å². The molecule has 2 aromatic carbocycles. The van der Waals surface area contributed by atoms with Gasteiger partial charge in [0, 0.05) is 5.56 Å². The summed E-state index contributed by atoms with van der Waals surface area (Å²) in [4.78, 5) is 12.3. The number of amides is 1. The quantitative estimate of drug-likeness (QED) is 0.869. The molecule has 0 aliphatic rings. The van der Waals surface area contributed by atoms with Gasteiger partial charge in [-0.15, -0.1) is 0 Å². The van der Waals surface area contributed by atoms with Gasteiger partial charge in [-0.25, -0.2) is 0 Å². The van der Waals surface area contributed by atoms with Crippen LogP contribution in [0.2, 0.25) is 5.02 Å². The Kier molecular flexibility index (Phi) is 5.09. The van der Waals surface area contributed by atoms with Crippen molar-refractivity contribution in [3.8, 4) is 11.5 Å². The first kappa shape index (κ1) is 15.7. The highest BCUT2D eigenvalue weighted by molar-refractivity contribution is 9.10. The molecule has 110 valence electrons. The van der Waals surface area contributed by atoms with Crippen LogP contribution >= 0.6 is 27.5 Å². The molecule has 0 saturated carbocycles. The normalized spacial score (nSPS) is 10.1. The number of nitrogens with one attached hydrogen (secondary N) is 1. The predicted octanol–water partition coefficient (Wildman–Crippen LogP) is 4.37. The minimum Gasteiger partial charge on any atom is -0.493 e. The van der Waals surface area contributed by atoms with Gasteiger partial charge in [0.2, 0.25) is 0 Å². The lowest BCUT2D eigenvalue weighted by molar-refractivity contribution is 0.102. The van der Waals surface area contributed by atoms with Gasteiger partial charge in [-0.2, -0.15) is 0 Å². The SMILES string of the molecule is COc1cc(C(=O)Nc2ccccc2Cl)cc(Br)c1OC. The van der Waals surface area contributed by atoms with E-state index in [0.29, 0.717) is 32.2 Å². The molecule has 0 aliphatic heterocycles. The van der Waals surface area contributed by atoms with E-state index in [1.54, 1.807) is 36.4 Å². The third-order valence-corrected chi connectivity index (χ3v) is 3.74. The molecule has 6 heteroatoms. The smallest absolute Gasteiger partial charge is 0.255 e. The number of anilines is 1. The van der Waals surface area contributed by atoms with Crippen LogP contribution in [0.25, 0.3) is 0 Å². The predicted molar refractivity (Wildman–Crippen MR) is 86.7 cm³/mol.